The summed E-state index contributed by atoms with van der Waals surface area (Å²) in [6.07, 6.45) is 0.788. The highest BCUT2D eigenvalue weighted by atomic mass is 32.2. The van der Waals surface area contributed by atoms with Gasteiger partial charge in [0.25, 0.3) is 0 Å². The Balaban J connectivity index is 1.87. The molecule has 1 atom stereocenters. The minimum Gasteiger partial charge on any atom is -0.273 e. The van der Waals surface area contributed by atoms with Crippen LogP contribution in [-0.2, 0) is 14.6 Å². The molecule has 0 spiro atoms. The van der Waals surface area contributed by atoms with Crippen LogP contribution in [0.1, 0.15) is 29.9 Å². The molecule has 2 aromatic rings. The maximum atomic E-state index is 13.2. The highest BCUT2D eigenvalue weighted by molar-refractivity contribution is 7.91. The zero-order valence-corrected chi connectivity index (χ0v) is 16.6. The van der Waals surface area contributed by atoms with Crippen LogP contribution in [0.5, 0.6) is 0 Å². The van der Waals surface area contributed by atoms with Crippen molar-refractivity contribution < 1.29 is 13.2 Å². The average Bonchev–Trinajstić information content (AvgIpc) is 3.00. The van der Waals surface area contributed by atoms with E-state index < -0.39 is 9.84 Å². The molecule has 144 valence electrons. The minimum atomic E-state index is -3.06. The van der Waals surface area contributed by atoms with Crippen molar-refractivity contribution in [2.75, 3.05) is 25.6 Å². The van der Waals surface area contributed by atoms with Crippen molar-refractivity contribution in [3.8, 4) is 0 Å². The maximum absolute atomic E-state index is 13.2. The lowest BCUT2D eigenvalue weighted by atomic mass is 9.88. The number of benzene rings is 2. The van der Waals surface area contributed by atoms with E-state index in [1.54, 1.807) is 24.1 Å². The summed E-state index contributed by atoms with van der Waals surface area (Å²) in [6.45, 7) is 0. The Morgan fingerprint density at radius 3 is 1.93 bits per heavy atom. The summed E-state index contributed by atoms with van der Waals surface area (Å²) in [7, 11) is 0.528. The number of hydrogen-bond donors (Lipinski definition) is 0. The molecule has 1 fully saturated rings. The molecule has 0 bridgehead atoms. The number of carbonyl (C=O) groups excluding carboxylic acids is 1. The van der Waals surface area contributed by atoms with E-state index in [0.717, 1.165) is 11.1 Å². The molecule has 6 heteroatoms. The first-order valence-electron chi connectivity index (χ1n) is 9.17. The first-order valence-corrected chi connectivity index (χ1v) is 11.0. The number of nitrogens with zero attached hydrogens (tertiary/aromatic N) is 2. The Morgan fingerprint density at radius 1 is 1.00 bits per heavy atom. The fourth-order valence-electron chi connectivity index (χ4n) is 3.79. The topological polar surface area (TPSA) is 57.7 Å². The molecule has 2 aromatic carbocycles. The third kappa shape index (κ3) is 4.76. The fourth-order valence-corrected chi connectivity index (χ4v) is 5.48. The van der Waals surface area contributed by atoms with Crippen molar-refractivity contribution in [3.05, 3.63) is 71.8 Å². The molecular formula is C21H26N2O3S. The van der Waals surface area contributed by atoms with Crippen molar-refractivity contribution in [1.82, 2.24) is 10.0 Å². The second-order valence-corrected chi connectivity index (χ2v) is 9.45. The summed E-state index contributed by atoms with van der Waals surface area (Å²) < 4.78 is 23.8. The molecule has 1 amide bonds. The van der Waals surface area contributed by atoms with Gasteiger partial charge in [0.1, 0.15) is 0 Å². The molecule has 0 unspecified atom stereocenters. The lowest BCUT2D eigenvalue weighted by Crippen LogP contribution is -2.49. The summed E-state index contributed by atoms with van der Waals surface area (Å²) >= 11 is 0. The van der Waals surface area contributed by atoms with Gasteiger partial charge in [-0.2, -0.15) is 0 Å². The molecular weight excluding hydrogens is 360 g/mol. The van der Waals surface area contributed by atoms with Crippen LogP contribution in [0.25, 0.3) is 0 Å². The second kappa shape index (κ2) is 8.23. The number of amides is 1. The molecule has 0 aromatic heterocycles. The fraction of sp³-hybridized carbons (Fsp3) is 0.381. The lowest BCUT2D eigenvalue weighted by molar-refractivity contribution is -0.149. The second-order valence-electron chi connectivity index (χ2n) is 7.22. The number of sulfone groups is 1. The Morgan fingerprint density at radius 2 is 1.52 bits per heavy atom. The van der Waals surface area contributed by atoms with Gasteiger partial charge in [0.2, 0.25) is 5.91 Å². The lowest BCUT2D eigenvalue weighted by Gasteiger charge is -2.35. The van der Waals surface area contributed by atoms with Crippen molar-refractivity contribution >= 4 is 15.7 Å². The van der Waals surface area contributed by atoms with Gasteiger partial charge in [-0.25, -0.2) is 13.4 Å². The molecule has 0 N–H and O–H groups in total. The Bertz CT molecular complexity index is 827. The van der Waals surface area contributed by atoms with Gasteiger partial charge in [0.15, 0.2) is 9.84 Å². The van der Waals surface area contributed by atoms with Crippen LogP contribution in [0.4, 0.5) is 0 Å². The quantitative estimate of drug-likeness (QED) is 0.717. The number of carbonyl (C=O) groups is 1. The molecule has 5 nitrogen and oxygen atoms in total. The Labute approximate surface area is 161 Å². The van der Waals surface area contributed by atoms with Crippen LogP contribution in [0.3, 0.4) is 0 Å². The van der Waals surface area contributed by atoms with Crippen LogP contribution in [-0.4, -0.2) is 56.0 Å². The largest absolute Gasteiger partial charge is 0.273 e. The molecule has 0 aliphatic carbocycles. The highest BCUT2D eigenvalue weighted by Crippen LogP contribution is 2.30. The number of rotatable bonds is 6. The predicted octanol–water partition coefficient (Wildman–Crippen LogP) is 2.70. The molecule has 1 saturated heterocycles. The van der Waals surface area contributed by atoms with Crippen molar-refractivity contribution in [3.63, 3.8) is 0 Å². The third-order valence-electron chi connectivity index (χ3n) is 5.02. The monoisotopic (exact) mass is 386 g/mol. The average molecular weight is 387 g/mol. The van der Waals surface area contributed by atoms with Crippen LogP contribution >= 0.6 is 0 Å². The molecule has 0 saturated carbocycles. The van der Waals surface area contributed by atoms with Crippen LogP contribution in [0.15, 0.2) is 60.7 Å². The molecule has 27 heavy (non-hydrogen) atoms. The smallest absolute Gasteiger partial charge is 0.238 e. The first-order chi connectivity index (χ1) is 12.9. The number of hydrogen-bond acceptors (Lipinski definition) is 4. The minimum absolute atomic E-state index is 0.0399. The van der Waals surface area contributed by atoms with Gasteiger partial charge in [0.05, 0.1) is 17.5 Å². The SMILES string of the molecule is CN(C)N(C(=O)CC(c1ccccc1)c1ccccc1)[C@H]1CCS(=O)(=O)C1. The summed E-state index contributed by atoms with van der Waals surface area (Å²) in [5.74, 6) is 0.0640. The summed E-state index contributed by atoms with van der Waals surface area (Å²) in [4.78, 5) is 13.2. The van der Waals surface area contributed by atoms with Crippen molar-refractivity contribution in [2.24, 2.45) is 0 Å². The predicted molar refractivity (Wildman–Crippen MR) is 107 cm³/mol. The zero-order valence-electron chi connectivity index (χ0n) is 15.8. The van der Waals surface area contributed by atoms with Gasteiger partial charge >= 0.3 is 0 Å². The van der Waals surface area contributed by atoms with Gasteiger partial charge in [-0.05, 0) is 17.5 Å². The van der Waals surface area contributed by atoms with Crippen LogP contribution in [0, 0.1) is 0 Å². The summed E-state index contributed by atoms with van der Waals surface area (Å²) in [6, 6.07) is 19.7. The highest BCUT2D eigenvalue weighted by Gasteiger charge is 2.36. The maximum Gasteiger partial charge on any atom is 0.238 e. The van der Waals surface area contributed by atoms with Gasteiger partial charge in [-0.1, -0.05) is 60.7 Å². The van der Waals surface area contributed by atoms with Gasteiger partial charge < -0.3 is 0 Å². The molecule has 1 aliphatic rings. The van der Waals surface area contributed by atoms with Gasteiger partial charge in [-0.15, -0.1) is 0 Å². The van der Waals surface area contributed by atoms with Gasteiger partial charge in [0, 0.05) is 26.4 Å². The molecule has 1 heterocycles. The Kier molecular flexibility index (Phi) is 5.97. The standard InChI is InChI=1S/C21H26N2O3S/c1-22(2)23(19-13-14-27(25,26)16-19)21(24)15-20(17-9-5-3-6-10-17)18-11-7-4-8-12-18/h3-12,19-20H,13-16H2,1-2H3/t19-/m0/s1. The van der Waals surface area contributed by atoms with E-state index in [1.807, 2.05) is 60.7 Å². The van der Waals surface area contributed by atoms with E-state index in [-0.39, 0.29) is 29.4 Å². The van der Waals surface area contributed by atoms with Crippen molar-refractivity contribution in [2.45, 2.75) is 24.8 Å². The summed E-state index contributed by atoms with van der Waals surface area (Å²) in [5, 5.41) is 3.35. The molecule has 0 radical (unpaired) electrons. The van der Waals surface area contributed by atoms with E-state index in [2.05, 4.69) is 0 Å². The zero-order chi connectivity index (χ0) is 19.4. The third-order valence-corrected chi connectivity index (χ3v) is 6.77. The van der Waals surface area contributed by atoms with Crippen molar-refractivity contribution in [1.29, 1.82) is 0 Å². The van der Waals surface area contributed by atoms with Crippen LogP contribution in [0.2, 0.25) is 0 Å². The van der Waals surface area contributed by atoms with Crippen LogP contribution < -0.4 is 0 Å². The van der Waals surface area contributed by atoms with E-state index >= 15 is 0 Å². The van der Waals surface area contributed by atoms with Gasteiger partial charge in [-0.3, -0.25) is 9.80 Å². The van der Waals surface area contributed by atoms with E-state index in [4.69, 9.17) is 0 Å². The first kappa shape index (κ1) is 19.6. The Hall–Kier alpha value is -2.18. The normalized spacial score (nSPS) is 18.7. The summed E-state index contributed by atoms with van der Waals surface area (Å²) in [5.41, 5.74) is 2.16. The molecule has 3 rings (SSSR count). The molecule has 1 aliphatic heterocycles. The van der Waals surface area contributed by atoms with E-state index in [0.29, 0.717) is 12.8 Å². The van der Waals surface area contributed by atoms with E-state index in [1.165, 1.54) is 0 Å². The van der Waals surface area contributed by atoms with E-state index in [9.17, 15) is 13.2 Å². The number of hydrazine groups is 1.